The minimum absolute atomic E-state index is 0.0419. The Morgan fingerprint density at radius 1 is 1.07 bits per heavy atom. The third kappa shape index (κ3) is 5.61. The molecule has 1 unspecified atom stereocenters. The van der Waals surface area contributed by atoms with Crippen LogP contribution in [0.2, 0.25) is 0 Å². The Labute approximate surface area is 180 Å². The van der Waals surface area contributed by atoms with Gasteiger partial charge in [-0.05, 0) is 48.2 Å². The van der Waals surface area contributed by atoms with Crippen molar-refractivity contribution in [3.63, 3.8) is 0 Å². The Balaban J connectivity index is 1.86. The largest absolute Gasteiger partial charge is 0.369 e. The van der Waals surface area contributed by atoms with Crippen LogP contribution < -0.4 is 10.2 Å². The standard InChI is InChI=1S/C25H32N4O/c1-19(2)16-24(25(30)27-11-10-26)22-8-4-6-20(17-22)21-7-5-9-23(18-21)29-14-12-28(3)13-15-29/h4-9,17-19,24H,11-16H2,1-3H3,(H,27,30). The third-order valence-electron chi connectivity index (χ3n) is 5.70. The summed E-state index contributed by atoms with van der Waals surface area (Å²) in [7, 11) is 2.17. The fraction of sp³-hybridized carbons (Fsp3) is 0.440. The number of hydrogen-bond acceptors (Lipinski definition) is 4. The van der Waals surface area contributed by atoms with Crippen LogP contribution in [0.1, 0.15) is 31.7 Å². The topological polar surface area (TPSA) is 59.4 Å². The van der Waals surface area contributed by atoms with E-state index in [0.29, 0.717) is 5.92 Å². The predicted molar refractivity (Wildman–Crippen MR) is 122 cm³/mol. The van der Waals surface area contributed by atoms with Crippen LogP contribution in [0.4, 0.5) is 5.69 Å². The molecule has 3 rings (SSSR count). The normalized spacial score (nSPS) is 15.6. The number of likely N-dealkylation sites (N-methyl/N-ethyl adjacent to an activating group) is 1. The quantitative estimate of drug-likeness (QED) is 0.712. The van der Waals surface area contributed by atoms with E-state index in [-0.39, 0.29) is 18.4 Å². The molecule has 30 heavy (non-hydrogen) atoms. The molecule has 1 amide bonds. The fourth-order valence-electron chi connectivity index (χ4n) is 4.00. The highest BCUT2D eigenvalue weighted by Crippen LogP contribution is 2.30. The Bertz CT molecular complexity index is 894. The number of benzene rings is 2. The number of carbonyl (C=O) groups excluding carboxylic acids is 1. The van der Waals surface area contributed by atoms with Gasteiger partial charge in [-0.1, -0.05) is 50.2 Å². The summed E-state index contributed by atoms with van der Waals surface area (Å²) in [5.74, 6) is 0.0553. The van der Waals surface area contributed by atoms with E-state index in [1.54, 1.807) is 0 Å². The van der Waals surface area contributed by atoms with Crippen molar-refractivity contribution in [1.82, 2.24) is 10.2 Å². The molecule has 1 aliphatic rings. The highest BCUT2D eigenvalue weighted by atomic mass is 16.1. The number of hydrogen-bond donors (Lipinski definition) is 1. The van der Waals surface area contributed by atoms with Crippen LogP contribution in [-0.2, 0) is 4.79 Å². The van der Waals surface area contributed by atoms with Gasteiger partial charge >= 0.3 is 0 Å². The second-order valence-corrected chi connectivity index (χ2v) is 8.52. The van der Waals surface area contributed by atoms with Gasteiger partial charge in [-0.2, -0.15) is 5.26 Å². The highest BCUT2D eigenvalue weighted by Gasteiger charge is 2.22. The summed E-state index contributed by atoms with van der Waals surface area (Å²) in [4.78, 5) is 17.5. The van der Waals surface area contributed by atoms with E-state index in [4.69, 9.17) is 5.26 Å². The smallest absolute Gasteiger partial charge is 0.228 e. The van der Waals surface area contributed by atoms with Crippen molar-refractivity contribution >= 4 is 11.6 Å². The van der Waals surface area contributed by atoms with Crippen molar-refractivity contribution in [1.29, 1.82) is 5.26 Å². The number of carbonyl (C=O) groups is 1. The maximum absolute atomic E-state index is 12.7. The molecule has 0 spiro atoms. The van der Waals surface area contributed by atoms with E-state index in [9.17, 15) is 4.79 Å². The molecule has 0 saturated carbocycles. The zero-order chi connectivity index (χ0) is 21.5. The Hall–Kier alpha value is -2.84. The molecule has 2 aromatic rings. The predicted octanol–water partition coefficient (Wildman–Crippen LogP) is 3.87. The van der Waals surface area contributed by atoms with E-state index in [0.717, 1.165) is 49.3 Å². The van der Waals surface area contributed by atoms with Crippen molar-refractivity contribution in [2.45, 2.75) is 26.2 Å². The first-order valence-electron chi connectivity index (χ1n) is 10.8. The van der Waals surface area contributed by atoms with Crippen molar-refractivity contribution in [3.8, 4) is 17.2 Å². The summed E-state index contributed by atoms with van der Waals surface area (Å²) in [5.41, 5.74) is 4.53. The lowest BCUT2D eigenvalue weighted by Crippen LogP contribution is -2.44. The second-order valence-electron chi connectivity index (χ2n) is 8.52. The number of anilines is 1. The lowest BCUT2D eigenvalue weighted by Gasteiger charge is -2.34. The monoisotopic (exact) mass is 404 g/mol. The van der Waals surface area contributed by atoms with Crippen molar-refractivity contribution in [2.75, 3.05) is 44.7 Å². The molecule has 0 radical (unpaired) electrons. The number of nitrogens with zero attached hydrogens (tertiary/aromatic N) is 3. The molecule has 1 N–H and O–H groups in total. The summed E-state index contributed by atoms with van der Waals surface area (Å²) in [6.45, 7) is 8.51. The minimum atomic E-state index is -0.251. The summed E-state index contributed by atoms with van der Waals surface area (Å²) >= 11 is 0. The molecule has 158 valence electrons. The van der Waals surface area contributed by atoms with Crippen molar-refractivity contribution in [2.24, 2.45) is 5.92 Å². The Morgan fingerprint density at radius 3 is 2.40 bits per heavy atom. The average Bonchev–Trinajstić information content (AvgIpc) is 2.76. The number of nitrogens with one attached hydrogen (secondary N) is 1. The van der Waals surface area contributed by atoms with Crippen molar-refractivity contribution in [3.05, 3.63) is 54.1 Å². The maximum atomic E-state index is 12.7. The van der Waals surface area contributed by atoms with Crippen molar-refractivity contribution < 1.29 is 4.79 Å². The molecule has 1 saturated heterocycles. The van der Waals surface area contributed by atoms with Crippen LogP contribution in [-0.4, -0.2) is 50.6 Å². The molecular weight excluding hydrogens is 372 g/mol. The first-order valence-corrected chi connectivity index (χ1v) is 10.8. The Morgan fingerprint density at radius 2 is 1.73 bits per heavy atom. The molecule has 0 aromatic heterocycles. The van der Waals surface area contributed by atoms with Crippen LogP contribution in [0, 0.1) is 17.2 Å². The van der Waals surface area contributed by atoms with Gasteiger partial charge in [0.2, 0.25) is 5.91 Å². The van der Waals surface area contributed by atoms with Gasteiger partial charge in [-0.3, -0.25) is 4.79 Å². The number of amides is 1. The number of piperazine rings is 1. The minimum Gasteiger partial charge on any atom is -0.369 e. The van der Waals surface area contributed by atoms with Gasteiger partial charge in [0.15, 0.2) is 0 Å². The molecule has 0 bridgehead atoms. The fourth-order valence-corrected chi connectivity index (χ4v) is 4.00. The number of nitriles is 1. The lowest BCUT2D eigenvalue weighted by atomic mass is 9.88. The first kappa shape index (κ1) is 21.9. The molecule has 1 atom stereocenters. The molecule has 1 fully saturated rings. The molecule has 1 heterocycles. The summed E-state index contributed by atoms with van der Waals surface area (Å²) < 4.78 is 0. The van der Waals surface area contributed by atoms with E-state index in [1.165, 1.54) is 5.69 Å². The van der Waals surface area contributed by atoms with Crippen LogP contribution in [0.15, 0.2) is 48.5 Å². The first-order chi connectivity index (χ1) is 14.5. The van der Waals surface area contributed by atoms with Gasteiger partial charge in [-0.15, -0.1) is 0 Å². The number of rotatable bonds is 7. The lowest BCUT2D eigenvalue weighted by molar-refractivity contribution is -0.122. The van der Waals surface area contributed by atoms with Crippen LogP contribution in [0.5, 0.6) is 0 Å². The third-order valence-corrected chi connectivity index (χ3v) is 5.70. The molecular formula is C25H32N4O. The molecule has 2 aromatic carbocycles. The van der Waals surface area contributed by atoms with E-state index in [2.05, 4.69) is 72.4 Å². The van der Waals surface area contributed by atoms with Crippen LogP contribution in [0.3, 0.4) is 0 Å². The van der Waals surface area contributed by atoms with E-state index < -0.39 is 0 Å². The molecule has 1 aliphatic heterocycles. The van der Waals surface area contributed by atoms with Gasteiger partial charge in [-0.25, -0.2) is 0 Å². The maximum Gasteiger partial charge on any atom is 0.228 e. The van der Waals surface area contributed by atoms with Gasteiger partial charge in [0.1, 0.15) is 6.54 Å². The van der Waals surface area contributed by atoms with Gasteiger partial charge in [0.05, 0.1) is 12.0 Å². The zero-order valence-corrected chi connectivity index (χ0v) is 18.3. The summed E-state index contributed by atoms with van der Waals surface area (Å²) in [6.07, 6.45) is 0.752. The average molecular weight is 405 g/mol. The second kappa shape index (κ2) is 10.3. The summed E-state index contributed by atoms with van der Waals surface area (Å²) in [5, 5.41) is 11.6. The van der Waals surface area contributed by atoms with Crippen LogP contribution >= 0.6 is 0 Å². The van der Waals surface area contributed by atoms with Crippen LogP contribution in [0.25, 0.3) is 11.1 Å². The highest BCUT2D eigenvalue weighted by molar-refractivity contribution is 5.84. The molecule has 5 heteroatoms. The van der Waals surface area contributed by atoms with Gasteiger partial charge in [0.25, 0.3) is 0 Å². The Kier molecular flexibility index (Phi) is 7.48. The molecule has 0 aliphatic carbocycles. The van der Waals surface area contributed by atoms with Gasteiger partial charge in [0, 0.05) is 31.9 Å². The zero-order valence-electron chi connectivity index (χ0n) is 18.3. The van der Waals surface area contributed by atoms with Gasteiger partial charge < -0.3 is 15.1 Å². The van der Waals surface area contributed by atoms with E-state index in [1.807, 2.05) is 18.2 Å². The SMILES string of the molecule is CC(C)CC(C(=O)NCC#N)c1cccc(-c2cccc(N3CCN(C)CC3)c2)c1. The molecule has 5 nitrogen and oxygen atoms in total. The summed E-state index contributed by atoms with van der Waals surface area (Å²) in [6, 6.07) is 18.9. The van der Waals surface area contributed by atoms with E-state index >= 15 is 0 Å².